The number of aryl methyl sites for hydroxylation is 1. The summed E-state index contributed by atoms with van der Waals surface area (Å²) in [4.78, 5) is 25.8. The topological polar surface area (TPSA) is 92.4 Å². The largest absolute Gasteiger partial charge is 0.493 e. The molecule has 2 heterocycles. The lowest BCUT2D eigenvalue weighted by atomic mass is 10.2. The highest BCUT2D eigenvalue weighted by atomic mass is 16.4. The molecule has 0 radical (unpaired) electrons. The molecule has 0 fully saturated rings. The van der Waals surface area contributed by atoms with Crippen LogP contribution in [0.5, 0.6) is 5.88 Å². The van der Waals surface area contributed by atoms with Gasteiger partial charge in [0.15, 0.2) is 0 Å². The van der Waals surface area contributed by atoms with Crippen molar-refractivity contribution in [2.45, 2.75) is 18.9 Å². The van der Waals surface area contributed by atoms with E-state index in [9.17, 15) is 9.59 Å². The van der Waals surface area contributed by atoms with Crippen molar-refractivity contribution < 1.29 is 15.0 Å². The van der Waals surface area contributed by atoms with Crippen LogP contribution in [0.3, 0.4) is 0 Å². The Labute approximate surface area is 78.4 Å². The SMILES string of the molecule is O=C(O)[C@@H]1CCc2nc(O)cc(=O)n21. The number of carboxylic acid groups (broad SMARTS) is 1. The van der Waals surface area contributed by atoms with Gasteiger partial charge in [0.05, 0.1) is 6.07 Å². The van der Waals surface area contributed by atoms with Crippen LogP contribution < -0.4 is 5.56 Å². The molecule has 0 aliphatic carbocycles. The second-order valence-corrected chi connectivity index (χ2v) is 3.13. The molecule has 0 saturated carbocycles. The third-order valence-corrected chi connectivity index (χ3v) is 2.25. The normalized spacial score (nSPS) is 19.3. The van der Waals surface area contributed by atoms with E-state index in [0.717, 1.165) is 10.6 Å². The van der Waals surface area contributed by atoms with E-state index in [1.54, 1.807) is 0 Å². The number of aromatic hydroxyl groups is 1. The van der Waals surface area contributed by atoms with Crippen LogP contribution in [0.2, 0.25) is 0 Å². The molecule has 0 saturated heterocycles. The van der Waals surface area contributed by atoms with E-state index in [4.69, 9.17) is 10.2 Å². The van der Waals surface area contributed by atoms with Crippen LogP contribution in [-0.4, -0.2) is 25.7 Å². The molecule has 1 atom stereocenters. The molecule has 0 aromatic carbocycles. The molecule has 0 spiro atoms. The predicted molar refractivity (Wildman–Crippen MR) is 45.2 cm³/mol. The summed E-state index contributed by atoms with van der Waals surface area (Å²) < 4.78 is 1.11. The minimum atomic E-state index is -1.04. The number of hydrogen-bond acceptors (Lipinski definition) is 4. The van der Waals surface area contributed by atoms with Crippen molar-refractivity contribution >= 4 is 5.97 Å². The molecule has 0 amide bonds. The van der Waals surface area contributed by atoms with Gasteiger partial charge in [-0.25, -0.2) is 9.78 Å². The number of hydrogen-bond donors (Lipinski definition) is 2. The molecule has 6 heteroatoms. The summed E-state index contributed by atoms with van der Waals surface area (Å²) in [7, 11) is 0. The van der Waals surface area contributed by atoms with Crippen molar-refractivity contribution in [1.29, 1.82) is 0 Å². The summed E-state index contributed by atoms with van der Waals surface area (Å²) in [6, 6.07) is 0.0794. The zero-order valence-electron chi connectivity index (χ0n) is 7.17. The summed E-state index contributed by atoms with van der Waals surface area (Å²) in [5.41, 5.74) is -0.516. The van der Waals surface area contributed by atoms with Crippen molar-refractivity contribution in [2.75, 3.05) is 0 Å². The first-order valence-electron chi connectivity index (χ1n) is 4.14. The number of carbonyl (C=O) groups is 1. The highest BCUT2D eigenvalue weighted by molar-refractivity contribution is 5.72. The van der Waals surface area contributed by atoms with Crippen molar-refractivity contribution in [3.8, 4) is 5.88 Å². The van der Waals surface area contributed by atoms with E-state index in [-0.39, 0.29) is 5.88 Å². The Morgan fingerprint density at radius 1 is 1.64 bits per heavy atom. The molecule has 0 bridgehead atoms. The van der Waals surface area contributed by atoms with Crippen LogP contribution in [0, 0.1) is 0 Å². The molecule has 2 N–H and O–H groups in total. The number of aliphatic carboxylic acids is 1. The van der Waals surface area contributed by atoms with Gasteiger partial charge in [-0.1, -0.05) is 0 Å². The number of fused-ring (bicyclic) bond motifs is 1. The standard InChI is InChI=1S/C8H8N2O4/c11-6-3-7(12)10-4(8(13)14)1-2-5(10)9-6/h3-4,11H,1-2H2,(H,13,14)/t4-/m0/s1. The zero-order valence-corrected chi connectivity index (χ0v) is 7.17. The summed E-state index contributed by atoms with van der Waals surface area (Å²) in [5.74, 6) is -1.06. The maximum atomic E-state index is 11.3. The van der Waals surface area contributed by atoms with Crippen LogP contribution in [0.15, 0.2) is 10.9 Å². The fraction of sp³-hybridized carbons (Fsp3) is 0.375. The molecule has 0 unspecified atom stereocenters. The molecular weight excluding hydrogens is 188 g/mol. The van der Waals surface area contributed by atoms with Crippen LogP contribution in [0.1, 0.15) is 18.3 Å². The third-order valence-electron chi connectivity index (χ3n) is 2.25. The van der Waals surface area contributed by atoms with E-state index < -0.39 is 17.6 Å². The van der Waals surface area contributed by atoms with Gasteiger partial charge in [-0.3, -0.25) is 9.36 Å². The maximum absolute atomic E-state index is 11.3. The fourth-order valence-corrected chi connectivity index (χ4v) is 1.66. The lowest BCUT2D eigenvalue weighted by molar-refractivity contribution is -0.140. The Morgan fingerprint density at radius 2 is 2.36 bits per heavy atom. The lowest BCUT2D eigenvalue weighted by Gasteiger charge is -2.08. The summed E-state index contributed by atoms with van der Waals surface area (Å²) in [6.45, 7) is 0. The number of carboxylic acids is 1. The van der Waals surface area contributed by atoms with Crippen molar-refractivity contribution in [2.24, 2.45) is 0 Å². The second kappa shape index (κ2) is 2.83. The Hall–Kier alpha value is -1.85. The molecule has 1 aromatic rings. The molecule has 1 aliphatic heterocycles. The van der Waals surface area contributed by atoms with Crippen LogP contribution in [-0.2, 0) is 11.2 Å². The van der Waals surface area contributed by atoms with Gasteiger partial charge in [0.2, 0.25) is 5.88 Å². The van der Waals surface area contributed by atoms with E-state index in [1.807, 2.05) is 0 Å². The van der Waals surface area contributed by atoms with Crippen molar-refractivity contribution in [3.05, 3.63) is 22.2 Å². The van der Waals surface area contributed by atoms with Crippen molar-refractivity contribution in [1.82, 2.24) is 9.55 Å². The van der Waals surface area contributed by atoms with Gasteiger partial charge in [0, 0.05) is 6.42 Å². The molecule has 6 nitrogen and oxygen atoms in total. The maximum Gasteiger partial charge on any atom is 0.326 e. The van der Waals surface area contributed by atoms with Gasteiger partial charge in [0.25, 0.3) is 5.56 Å². The quantitative estimate of drug-likeness (QED) is 0.632. The number of aromatic nitrogens is 2. The van der Waals surface area contributed by atoms with E-state index >= 15 is 0 Å². The highest BCUT2D eigenvalue weighted by Gasteiger charge is 2.30. The fourth-order valence-electron chi connectivity index (χ4n) is 1.66. The first-order chi connectivity index (χ1) is 6.59. The van der Waals surface area contributed by atoms with Crippen LogP contribution in [0.25, 0.3) is 0 Å². The Bertz CT molecular complexity index is 451. The third kappa shape index (κ3) is 1.15. The predicted octanol–water partition coefficient (Wildman–Crippen LogP) is -0.479. The highest BCUT2D eigenvalue weighted by Crippen LogP contribution is 2.23. The van der Waals surface area contributed by atoms with Gasteiger partial charge in [-0.2, -0.15) is 0 Å². The Kier molecular flexibility index (Phi) is 1.77. The average Bonchev–Trinajstić information content (AvgIpc) is 2.47. The molecular formula is C8H8N2O4. The molecule has 2 rings (SSSR count). The summed E-state index contributed by atoms with van der Waals surface area (Å²) in [6.07, 6.45) is 0.752. The van der Waals surface area contributed by atoms with E-state index in [2.05, 4.69) is 4.98 Å². The molecule has 1 aromatic heterocycles. The Morgan fingerprint density at radius 3 is 3.00 bits per heavy atom. The van der Waals surface area contributed by atoms with Crippen molar-refractivity contribution in [3.63, 3.8) is 0 Å². The molecule has 74 valence electrons. The van der Waals surface area contributed by atoms with Crippen LogP contribution >= 0.6 is 0 Å². The van der Waals surface area contributed by atoms with Gasteiger partial charge in [-0.15, -0.1) is 0 Å². The first kappa shape index (κ1) is 8.74. The van der Waals surface area contributed by atoms with Gasteiger partial charge < -0.3 is 10.2 Å². The minimum absolute atomic E-state index is 0.336. The number of nitrogens with zero attached hydrogens (tertiary/aromatic N) is 2. The monoisotopic (exact) mass is 196 g/mol. The Balaban J connectivity index is 2.60. The van der Waals surface area contributed by atoms with Crippen LogP contribution in [0.4, 0.5) is 0 Å². The summed E-state index contributed by atoms with van der Waals surface area (Å²) in [5, 5.41) is 17.8. The molecule has 1 aliphatic rings. The first-order valence-corrected chi connectivity index (χ1v) is 4.14. The summed E-state index contributed by atoms with van der Waals surface area (Å²) >= 11 is 0. The smallest absolute Gasteiger partial charge is 0.326 e. The second-order valence-electron chi connectivity index (χ2n) is 3.13. The van der Waals surface area contributed by atoms with Gasteiger partial charge in [-0.05, 0) is 6.42 Å². The zero-order chi connectivity index (χ0) is 10.3. The lowest BCUT2D eigenvalue weighted by Crippen LogP contribution is -2.27. The minimum Gasteiger partial charge on any atom is -0.493 e. The average molecular weight is 196 g/mol. The van der Waals surface area contributed by atoms with Gasteiger partial charge in [0.1, 0.15) is 11.9 Å². The van der Waals surface area contributed by atoms with E-state index in [1.165, 1.54) is 0 Å². The molecule has 14 heavy (non-hydrogen) atoms. The van der Waals surface area contributed by atoms with E-state index in [0.29, 0.717) is 18.7 Å². The van der Waals surface area contributed by atoms with Gasteiger partial charge >= 0.3 is 5.97 Å². The number of rotatable bonds is 1.